The average Bonchev–Trinajstić information content (AvgIpc) is 2.39. The van der Waals surface area contributed by atoms with Crippen molar-refractivity contribution in [3.8, 4) is 0 Å². The lowest BCUT2D eigenvalue weighted by Gasteiger charge is -2.24. The van der Waals surface area contributed by atoms with Crippen LogP contribution in [0.15, 0.2) is 47.5 Å². The van der Waals surface area contributed by atoms with E-state index in [1.54, 1.807) is 13.2 Å². The Bertz CT molecular complexity index is 404. The molecule has 1 N–H and O–H groups in total. The molecule has 0 saturated carbocycles. The van der Waals surface area contributed by atoms with Gasteiger partial charge < -0.3 is 9.84 Å². The zero-order valence-electron chi connectivity index (χ0n) is 9.90. The minimum atomic E-state index is -0.172. The van der Waals surface area contributed by atoms with Crippen molar-refractivity contribution in [3.05, 3.63) is 47.5 Å². The third-order valence-corrected chi connectivity index (χ3v) is 3.25. The Hall–Kier alpha value is -1.35. The summed E-state index contributed by atoms with van der Waals surface area (Å²) in [4.78, 5) is 0. The molecule has 2 aliphatic rings. The van der Waals surface area contributed by atoms with Crippen molar-refractivity contribution in [2.24, 2.45) is 11.8 Å². The normalized spacial score (nSPS) is 28.3. The first-order chi connectivity index (χ1) is 8.24. The molecule has 2 unspecified atom stereocenters. The Morgan fingerprint density at radius 1 is 1.41 bits per heavy atom. The third-order valence-electron chi connectivity index (χ3n) is 3.25. The highest BCUT2D eigenvalue weighted by Gasteiger charge is 2.22. The summed E-state index contributed by atoms with van der Waals surface area (Å²) in [7, 11) is 1.64. The van der Waals surface area contributed by atoms with Gasteiger partial charge >= 0.3 is 0 Å². The topological polar surface area (TPSA) is 29.5 Å². The zero-order chi connectivity index (χ0) is 12.3. The molecule has 0 bridgehead atoms. The van der Waals surface area contributed by atoms with Crippen LogP contribution in [0.25, 0.3) is 0 Å². The van der Waals surface area contributed by atoms with Crippen LogP contribution in [0, 0.1) is 11.8 Å². The van der Waals surface area contributed by atoms with Gasteiger partial charge in [0.15, 0.2) is 0 Å². The number of halogens is 1. The predicted molar refractivity (Wildman–Crippen MR) is 64.8 cm³/mol. The molecule has 0 amide bonds. The Labute approximate surface area is 101 Å². The van der Waals surface area contributed by atoms with E-state index in [0.29, 0.717) is 6.42 Å². The van der Waals surface area contributed by atoms with E-state index in [1.165, 1.54) is 6.08 Å². The molecular formula is C14H17FO2. The summed E-state index contributed by atoms with van der Waals surface area (Å²) in [5, 5.41) is 9.13. The van der Waals surface area contributed by atoms with Crippen LogP contribution < -0.4 is 0 Å². The third kappa shape index (κ3) is 2.67. The lowest BCUT2D eigenvalue weighted by Crippen LogP contribution is -2.14. The lowest BCUT2D eigenvalue weighted by atomic mass is 9.85. The number of ether oxygens (including phenoxy) is 1. The van der Waals surface area contributed by atoms with Crippen molar-refractivity contribution in [1.82, 2.24) is 0 Å². The van der Waals surface area contributed by atoms with Gasteiger partial charge in [-0.15, -0.1) is 0 Å². The Kier molecular flexibility index (Phi) is 3.79. The first kappa shape index (κ1) is 12.1. The van der Waals surface area contributed by atoms with Crippen molar-refractivity contribution >= 4 is 0 Å². The maximum Gasteiger partial charge on any atom is 0.118 e. The van der Waals surface area contributed by atoms with Crippen molar-refractivity contribution in [3.63, 3.8) is 0 Å². The molecule has 2 nitrogen and oxygen atoms in total. The van der Waals surface area contributed by atoms with Crippen LogP contribution in [0.3, 0.4) is 0 Å². The van der Waals surface area contributed by atoms with Gasteiger partial charge in [0, 0.05) is 24.9 Å². The first-order valence-corrected chi connectivity index (χ1v) is 5.84. The molecular weight excluding hydrogens is 219 g/mol. The highest BCUT2D eigenvalue weighted by Crippen LogP contribution is 2.33. The van der Waals surface area contributed by atoms with Crippen molar-refractivity contribution in [2.45, 2.75) is 12.8 Å². The van der Waals surface area contributed by atoms with Gasteiger partial charge in [-0.1, -0.05) is 18.2 Å². The van der Waals surface area contributed by atoms with E-state index >= 15 is 0 Å². The molecule has 0 spiro atoms. The van der Waals surface area contributed by atoms with E-state index < -0.39 is 0 Å². The standard InChI is InChI=1S/C14H17FO2/c1-17-14-8-10(9-16)2-7-13(14)11-3-5-12(15)6-4-11/h2-3,5-7,10-11,16H,4,8-9H2,1H3. The molecule has 92 valence electrons. The number of aliphatic hydroxyl groups excluding tert-OH is 1. The molecule has 0 fully saturated rings. The summed E-state index contributed by atoms with van der Waals surface area (Å²) in [5.41, 5.74) is 1.09. The Balaban J connectivity index is 2.17. The van der Waals surface area contributed by atoms with E-state index in [4.69, 9.17) is 9.84 Å². The molecule has 0 aliphatic heterocycles. The quantitative estimate of drug-likeness (QED) is 0.816. The summed E-state index contributed by atoms with van der Waals surface area (Å²) < 4.78 is 18.3. The van der Waals surface area contributed by atoms with Gasteiger partial charge in [0.05, 0.1) is 12.9 Å². The molecule has 0 heterocycles. The zero-order valence-corrected chi connectivity index (χ0v) is 9.90. The first-order valence-electron chi connectivity index (χ1n) is 5.84. The summed E-state index contributed by atoms with van der Waals surface area (Å²) in [6.07, 6.45) is 10.3. The number of rotatable bonds is 3. The maximum absolute atomic E-state index is 12.9. The van der Waals surface area contributed by atoms with E-state index in [9.17, 15) is 4.39 Å². The maximum atomic E-state index is 12.9. The smallest absolute Gasteiger partial charge is 0.118 e. The highest BCUT2D eigenvalue weighted by atomic mass is 19.1. The second-order valence-electron chi connectivity index (χ2n) is 4.38. The minimum absolute atomic E-state index is 0.131. The second-order valence-corrected chi connectivity index (χ2v) is 4.38. The lowest BCUT2D eigenvalue weighted by molar-refractivity contribution is 0.211. The van der Waals surface area contributed by atoms with Crippen molar-refractivity contribution < 1.29 is 14.2 Å². The molecule has 3 heteroatoms. The molecule has 0 aromatic rings. The van der Waals surface area contributed by atoms with E-state index in [1.807, 2.05) is 18.2 Å². The fourth-order valence-electron chi connectivity index (χ4n) is 2.24. The van der Waals surface area contributed by atoms with Gasteiger partial charge in [-0.05, 0) is 24.1 Å². The van der Waals surface area contributed by atoms with Gasteiger partial charge in [-0.2, -0.15) is 0 Å². The molecule has 2 atom stereocenters. The number of hydrogen-bond donors (Lipinski definition) is 1. The summed E-state index contributed by atoms with van der Waals surface area (Å²) in [6, 6.07) is 0. The van der Waals surface area contributed by atoms with Crippen molar-refractivity contribution in [2.75, 3.05) is 13.7 Å². The van der Waals surface area contributed by atoms with Crippen LogP contribution in [0.2, 0.25) is 0 Å². The van der Waals surface area contributed by atoms with Crippen LogP contribution in [-0.2, 0) is 4.74 Å². The molecule has 0 radical (unpaired) electrons. The van der Waals surface area contributed by atoms with Gasteiger partial charge in [0.1, 0.15) is 5.83 Å². The molecule has 0 aromatic heterocycles. The van der Waals surface area contributed by atoms with Crippen LogP contribution in [0.5, 0.6) is 0 Å². The summed E-state index contributed by atoms with van der Waals surface area (Å²) in [6.45, 7) is 0.131. The van der Waals surface area contributed by atoms with Crippen LogP contribution in [-0.4, -0.2) is 18.8 Å². The fraction of sp³-hybridized carbons (Fsp3) is 0.429. The highest BCUT2D eigenvalue weighted by molar-refractivity contribution is 5.36. The van der Waals surface area contributed by atoms with Crippen LogP contribution in [0.1, 0.15) is 12.8 Å². The van der Waals surface area contributed by atoms with Gasteiger partial charge in [0.25, 0.3) is 0 Å². The van der Waals surface area contributed by atoms with Gasteiger partial charge in [-0.25, -0.2) is 4.39 Å². The number of methoxy groups -OCH3 is 1. The second kappa shape index (κ2) is 5.32. The number of allylic oxidation sites excluding steroid dienone is 7. The fourth-order valence-corrected chi connectivity index (χ4v) is 2.24. The predicted octanol–water partition coefficient (Wildman–Crippen LogP) is 2.88. The molecule has 0 saturated heterocycles. The number of hydrogen-bond acceptors (Lipinski definition) is 2. The van der Waals surface area contributed by atoms with E-state index in [-0.39, 0.29) is 24.3 Å². The van der Waals surface area contributed by atoms with E-state index in [0.717, 1.165) is 17.8 Å². The van der Waals surface area contributed by atoms with Gasteiger partial charge in [-0.3, -0.25) is 0 Å². The Morgan fingerprint density at radius 2 is 2.24 bits per heavy atom. The van der Waals surface area contributed by atoms with Crippen LogP contribution >= 0.6 is 0 Å². The summed E-state index contributed by atoms with van der Waals surface area (Å²) >= 11 is 0. The molecule has 0 aromatic carbocycles. The average molecular weight is 236 g/mol. The Morgan fingerprint density at radius 3 is 2.82 bits per heavy atom. The number of aliphatic hydroxyl groups is 1. The summed E-state index contributed by atoms with van der Waals surface area (Å²) in [5.74, 6) is 1.04. The molecule has 2 rings (SSSR count). The molecule has 2 aliphatic carbocycles. The van der Waals surface area contributed by atoms with Crippen molar-refractivity contribution in [1.29, 1.82) is 0 Å². The molecule has 17 heavy (non-hydrogen) atoms. The van der Waals surface area contributed by atoms with Crippen LogP contribution in [0.4, 0.5) is 4.39 Å². The minimum Gasteiger partial charge on any atom is -0.501 e. The largest absolute Gasteiger partial charge is 0.501 e. The van der Waals surface area contributed by atoms with E-state index in [2.05, 4.69) is 0 Å². The SMILES string of the molecule is COC1=C(C2C=CC(F)=CC2)C=CC(CO)C1. The van der Waals surface area contributed by atoms with Gasteiger partial charge in [0.2, 0.25) is 0 Å². The monoisotopic (exact) mass is 236 g/mol.